The van der Waals surface area contributed by atoms with Crippen LogP contribution in [0.5, 0.6) is 0 Å². The van der Waals surface area contributed by atoms with E-state index in [4.69, 9.17) is 4.42 Å². The number of benzene rings is 2. The summed E-state index contributed by atoms with van der Waals surface area (Å²) in [5.41, 5.74) is 1.97. The highest BCUT2D eigenvalue weighted by Crippen LogP contribution is 2.26. The van der Waals surface area contributed by atoms with Crippen LogP contribution in [0.3, 0.4) is 0 Å². The largest absolute Gasteiger partial charge is 0.467 e. The lowest BCUT2D eigenvalue weighted by atomic mass is 9.95. The van der Waals surface area contributed by atoms with Crippen molar-refractivity contribution in [2.24, 2.45) is 5.92 Å². The molecule has 2 aromatic carbocycles. The fraction of sp³-hybridized carbons (Fsp3) is 0.308. The third kappa shape index (κ3) is 5.74. The summed E-state index contributed by atoms with van der Waals surface area (Å²) in [4.78, 5) is 27.7. The average Bonchev–Trinajstić information content (AvgIpc) is 3.37. The number of likely N-dealkylation sites (tertiary alicyclic amines) is 1. The molecule has 2 heterocycles. The lowest BCUT2D eigenvalue weighted by Crippen LogP contribution is -2.43. The number of nitrogens with zero attached hydrogens (tertiary/aromatic N) is 1. The van der Waals surface area contributed by atoms with E-state index in [1.807, 2.05) is 13.0 Å². The number of amides is 2. The third-order valence-electron chi connectivity index (χ3n) is 6.20. The molecule has 1 aliphatic rings. The second-order valence-electron chi connectivity index (χ2n) is 8.78. The van der Waals surface area contributed by atoms with E-state index in [2.05, 4.69) is 10.0 Å². The van der Waals surface area contributed by atoms with E-state index in [-0.39, 0.29) is 33.9 Å². The standard InChI is InChI=1S/C26H29N3O5S/c1-18-9-10-19(2)24(16-18)35(32,33)28-23-8-4-3-7-22(23)26(31)29-13-11-20(12-14-29)25(30)27-17-21-6-5-15-34-21/h3-10,15-16,20,28H,11-14,17H2,1-2H3,(H,27,30). The number of hydrogen-bond acceptors (Lipinski definition) is 5. The number of anilines is 1. The van der Waals surface area contributed by atoms with Gasteiger partial charge in [-0.05, 0) is 68.1 Å². The minimum absolute atomic E-state index is 0.0600. The van der Waals surface area contributed by atoms with Gasteiger partial charge in [0, 0.05) is 19.0 Å². The molecule has 0 aliphatic carbocycles. The maximum absolute atomic E-state index is 13.3. The number of sulfonamides is 1. The van der Waals surface area contributed by atoms with Gasteiger partial charge in [0.15, 0.2) is 0 Å². The van der Waals surface area contributed by atoms with Crippen molar-refractivity contribution in [3.8, 4) is 0 Å². The molecule has 1 aromatic heterocycles. The molecule has 0 unspecified atom stereocenters. The summed E-state index contributed by atoms with van der Waals surface area (Å²) in [5, 5.41) is 2.88. The molecule has 184 valence electrons. The van der Waals surface area contributed by atoms with Crippen molar-refractivity contribution in [3.05, 3.63) is 83.3 Å². The summed E-state index contributed by atoms with van der Waals surface area (Å²) in [7, 11) is -3.88. The Morgan fingerprint density at radius 2 is 1.77 bits per heavy atom. The maximum Gasteiger partial charge on any atom is 0.262 e. The Hall–Kier alpha value is -3.59. The van der Waals surface area contributed by atoms with E-state index in [9.17, 15) is 18.0 Å². The van der Waals surface area contributed by atoms with Crippen LogP contribution in [0.1, 0.15) is 40.1 Å². The Kier molecular flexibility index (Phi) is 7.25. The Balaban J connectivity index is 1.42. The minimum Gasteiger partial charge on any atom is -0.467 e. The molecule has 1 fully saturated rings. The van der Waals surface area contributed by atoms with Crippen LogP contribution in [0.4, 0.5) is 5.69 Å². The van der Waals surface area contributed by atoms with Gasteiger partial charge in [-0.25, -0.2) is 8.42 Å². The molecule has 0 bridgehead atoms. The molecule has 2 amide bonds. The van der Waals surface area contributed by atoms with Gasteiger partial charge in [-0.2, -0.15) is 0 Å². The normalized spacial score (nSPS) is 14.5. The SMILES string of the molecule is Cc1ccc(C)c(S(=O)(=O)Nc2ccccc2C(=O)N2CCC(C(=O)NCc3ccco3)CC2)c1. The van der Waals surface area contributed by atoms with Gasteiger partial charge in [-0.1, -0.05) is 24.3 Å². The van der Waals surface area contributed by atoms with Crippen LogP contribution in [0.2, 0.25) is 0 Å². The molecule has 4 rings (SSSR count). The second-order valence-corrected chi connectivity index (χ2v) is 10.4. The number of rotatable bonds is 7. The summed E-state index contributed by atoms with van der Waals surface area (Å²) in [6.45, 7) is 4.72. The zero-order chi connectivity index (χ0) is 25.0. The molecular weight excluding hydrogens is 466 g/mol. The van der Waals surface area contributed by atoms with E-state index < -0.39 is 10.0 Å². The van der Waals surface area contributed by atoms with Crippen molar-refractivity contribution < 1.29 is 22.4 Å². The van der Waals surface area contributed by atoms with Gasteiger partial charge in [0.25, 0.3) is 15.9 Å². The molecule has 9 heteroatoms. The predicted octanol–water partition coefficient (Wildman–Crippen LogP) is 3.87. The summed E-state index contributed by atoms with van der Waals surface area (Å²) in [5.74, 6) is 0.173. The molecule has 1 aliphatic heterocycles. The van der Waals surface area contributed by atoms with E-state index in [1.165, 1.54) is 0 Å². The zero-order valence-electron chi connectivity index (χ0n) is 19.8. The number of carbonyl (C=O) groups is 2. The molecule has 0 saturated carbocycles. The molecule has 1 saturated heterocycles. The smallest absolute Gasteiger partial charge is 0.262 e. The molecular formula is C26H29N3O5S. The Labute approximate surface area is 205 Å². The lowest BCUT2D eigenvalue weighted by Gasteiger charge is -2.31. The molecule has 8 nitrogen and oxygen atoms in total. The fourth-order valence-corrected chi connectivity index (χ4v) is 5.61. The van der Waals surface area contributed by atoms with Crippen molar-refractivity contribution in [1.29, 1.82) is 0 Å². The molecule has 2 N–H and O–H groups in total. The van der Waals surface area contributed by atoms with Crippen molar-refractivity contribution in [2.75, 3.05) is 17.8 Å². The molecule has 0 radical (unpaired) electrons. The Morgan fingerprint density at radius 1 is 1.03 bits per heavy atom. The monoisotopic (exact) mass is 495 g/mol. The minimum atomic E-state index is -3.88. The number of hydrogen-bond donors (Lipinski definition) is 2. The van der Waals surface area contributed by atoms with Gasteiger partial charge < -0.3 is 14.6 Å². The average molecular weight is 496 g/mol. The molecule has 0 spiro atoms. The van der Waals surface area contributed by atoms with Gasteiger partial charge in [0.05, 0.1) is 29.0 Å². The predicted molar refractivity (Wildman–Crippen MR) is 132 cm³/mol. The Bertz CT molecular complexity index is 1310. The van der Waals surface area contributed by atoms with Crippen molar-refractivity contribution in [1.82, 2.24) is 10.2 Å². The van der Waals surface area contributed by atoms with E-state index in [0.29, 0.717) is 43.8 Å². The highest BCUT2D eigenvalue weighted by molar-refractivity contribution is 7.92. The van der Waals surface area contributed by atoms with E-state index in [1.54, 1.807) is 66.6 Å². The van der Waals surface area contributed by atoms with Crippen LogP contribution in [0.25, 0.3) is 0 Å². The number of furan rings is 1. The van der Waals surface area contributed by atoms with Gasteiger partial charge in [0.2, 0.25) is 5.91 Å². The highest BCUT2D eigenvalue weighted by Gasteiger charge is 2.29. The van der Waals surface area contributed by atoms with Crippen LogP contribution in [0.15, 0.2) is 70.2 Å². The summed E-state index contributed by atoms with van der Waals surface area (Å²) < 4.78 is 34.0. The zero-order valence-corrected chi connectivity index (χ0v) is 20.6. The van der Waals surface area contributed by atoms with Gasteiger partial charge in [-0.3, -0.25) is 14.3 Å². The fourth-order valence-electron chi connectivity index (χ4n) is 4.20. The quantitative estimate of drug-likeness (QED) is 0.517. The maximum atomic E-state index is 13.3. The summed E-state index contributed by atoms with van der Waals surface area (Å²) >= 11 is 0. The molecule has 35 heavy (non-hydrogen) atoms. The van der Waals surface area contributed by atoms with Crippen LogP contribution < -0.4 is 10.0 Å². The van der Waals surface area contributed by atoms with Crippen molar-refractivity contribution in [3.63, 3.8) is 0 Å². The third-order valence-corrected chi connectivity index (χ3v) is 7.71. The number of nitrogens with one attached hydrogen (secondary N) is 2. The number of carbonyl (C=O) groups excluding carboxylic acids is 2. The first-order valence-corrected chi connectivity index (χ1v) is 13.0. The molecule has 3 aromatic rings. The van der Waals surface area contributed by atoms with Gasteiger partial charge in [0.1, 0.15) is 5.76 Å². The van der Waals surface area contributed by atoms with Crippen LogP contribution >= 0.6 is 0 Å². The van der Waals surface area contributed by atoms with Crippen LogP contribution in [-0.2, 0) is 21.4 Å². The Morgan fingerprint density at radius 3 is 2.49 bits per heavy atom. The van der Waals surface area contributed by atoms with Gasteiger partial charge >= 0.3 is 0 Å². The first-order valence-electron chi connectivity index (χ1n) is 11.5. The van der Waals surface area contributed by atoms with E-state index >= 15 is 0 Å². The topological polar surface area (TPSA) is 109 Å². The second kappa shape index (κ2) is 10.4. The highest BCUT2D eigenvalue weighted by atomic mass is 32.2. The summed E-state index contributed by atoms with van der Waals surface area (Å²) in [6.07, 6.45) is 2.63. The van der Waals surface area contributed by atoms with Crippen molar-refractivity contribution >= 4 is 27.5 Å². The van der Waals surface area contributed by atoms with Gasteiger partial charge in [-0.15, -0.1) is 0 Å². The number of aryl methyl sites for hydroxylation is 2. The van der Waals surface area contributed by atoms with Crippen LogP contribution in [0, 0.1) is 19.8 Å². The number of para-hydroxylation sites is 1. The van der Waals surface area contributed by atoms with E-state index in [0.717, 1.165) is 5.56 Å². The summed E-state index contributed by atoms with van der Waals surface area (Å²) in [6, 6.07) is 15.4. The molecule has 0 atom stereocenters. The first-order chi connectivity index (χ1) is 16.7. The van der Waals surface area contributed by atoms with Crippen molar-refractivity contribution in [2.45, 2.75) is 38.1 Å². The van der Waals surface area contributed by atoms with Crippen LogP contribution in [-0.4, -0.2) is 38.2 Å². The lowest BCUT2D eigenvalue weighted by molar-refractivity contribution is -0.126. The number of piperidine rings is 1. The first kappa shape index (κ1) is 24.5.